The number of ether oxygens (including phenoxy) is 1. The van der Waals surface area contributed by atoms with Crippen LogP contribution in [0.4, 0.5) is 0 Å². The third-order valence-electron chi connectivity index (χ3n) is 2.74. The zero-order chi connectivity index (χ0) is 12.8. The van der Waals surface area contributed by atoms with Gasteiger partial charge < -0.3 is 10.5 Å². The van der Waals surface area contributed by atoms with E-state index >= 15 is 0 Å². The first-order valence-corrected chi connectivity index (χ1v) is 6.32. The molecular weight excluding hydrogens is 281 g/mol. The van der Waals surface area contributed by atoms with E-state index in [4.69, 9.17) is 22.1 Å². The van der Waals surface area contributed by atoms with E-state index in [-0.39, 0.29) is 18.4 Å². The fourth-order valence-electron chi connectivity index (χ4n) is 1.70. The molecule has 19 heavy (non-hydrogen) atoms. The minimum Gasteiger partial charge on any atom is -0.494 e. The van der Waals surface area contributed by atoms with Gasteiger partial charge in [-0.25, -0.2) is 0 Å². The zero-order valence-corrected chi connectivity index (χ0v) is 12.0. The van der Waals surface area contributed by atoms with Gasteiger partial charge in [-0.1, -0.05) is 41.9 Å². The smallest absolute Gasteiger partial charge is 0.119 e. The van der Waals surface area contributed by atoms with Crippen LogP contribution < -0.4 is 10.5 Å². The van der Waals surface area contributed by atoms with Crippen LogP contribution in [0.2, 0.25) is 5.02 Å². The minimum atomic E-state index is -0.0222. The zero-order valence-electron chi connectivity index (χ0n) is 10.5. The fraction of sp³-hybridized carbons (Fsp3) is 0.200. The molecule has 2 rings (SSSR count). The summed E-state index contributed by atoms with van der Waals surface area (Å²) in [6.45, 7) is 0.605. The van der Waals surface area contributed by atoms with Crippen LogP contribution in [0.25, 0.3) is 0 Å². The molecule has 0 amide bonds. The molecule has 0 bridgehead atoms. The van der Waals surface area contributed by atoms with Crippen LogP contribution in [0.3, 0.4) is 0 Å². The molecule has 2 aromatic rings. The van der Waals surface area contributed by atoms with E-state index in [0.29, 0.717) is 6.61 Å². The van der Waals surface area contributed by atoms with Crippen molar-refractivity contribution in [1.82, 2.24) is 0 Å². The predicted octanol–water partition coefficient (Wildman–Crippen LogP) is 4.23. The number of hydrogen-bond donors (Lipinski definition) is 1. The molecule has 2 nitrogen and oxygen atoms in total. The van der Waals surface area contributed by atoms with Crippen molar-refractivity contribution in [1.29, 1.82) is 0 Å². The second kappa shape index (κ2) is 8.05. The number of halogens is 2. The number of para-hydroxylation sites is 1. The third kappa shape index (κ3) is 5.11. The molecule has 0 fully saturated rings. The lowest BCUT2D eigenvalue weighted by atomic mass is 10.1. The van der Waals surface area contributed by atoms with Gasteiger partial charge in [-0.3, -0.25) is 0 Å². The molecule has 0 aromatic heterocycles. The molecule has 4 heteroatoms. The highest BCUT2D eigenvalue weighted by atomic mass is 35.5. The Hall–Kier alpha value is -1.22. The van der Waals surface area contributed by atoms with Crippen LogP contribution in [-0.2, 0) is 0 Å². The van der Waals surface area contributed by atoms with Gasteiger partial charge in [-0.15, -0.1) is 12.4 Å². The normalized spacial score (nSPS) is 11.5. The summed E-state index contributed by atoms with van der Waals surface area (Å²) in [7, 11) is 0. The predicted molar refractivity (Wildman–Crippen MR) is 82.2 cm³/mol. The summed E-state index contributed by atoms with van der Waals surface area (Å²) in [5.41, 5.74) is 7.17. The lowest BCUT2D eigenvalue weighted by Crippen LogP contribution is -2.14. The average Bonchev–Trinajstić information content (AvgIpc) is 2.40. The van der Waals surface area contributed by atoms with Gasteiger partial charge in [0.1, 0.15) is 5.75 Å². The summed E-state index contributed by atoms with van der Waals surface area (Å²) < 4.78 is 5.62. The quantitative estimate of drug-likeness (QED) is 0.896. The lowest BCUT2D eigenvalue weighted by Gasteiger charge is -2.13. The van der Waals surface area contributed by atoms with E-state index < -0.39 is 0 Å². The van der Waals surface area contributed by atoms with Crippen LogP contribution in [-0.4, -0.2) is 6.61 Å². The van der Waals surface area contributed by atoms with Crippen molar-refractivity contribution in [3.63, 3.8) is 0 Å². The number of benzene rings is 2. The van der Waals surface area contributed by atoms with Crippen molar-refractivity contribution in [3.8, 4) is 5.75 Å². The molecule has 0 heterocycles. The summed E-state index contributed by atoms with van der Waals surface area (Å²) in [5.74, 6) is 0.876. The van der Waals surface area contributed by atoms with E-state index in [9.17, 15) is 0 Å². The van der Waals surface area contributed by atoms with Crippen LogP contribution in [0, 0.1) is 0 Å². The summed E-state index contributed by atoms with van der Waals surface area (Å²) in [5, 5.41) is 0.728. The maximum absolute atomic E-state index is 6.09. The molecule has 102 valence electrons. The Balaban J connectivity index is 0.00000180. The maximum atomic E-state index is 6.09. The highest BCUT2D eigenvalue weighted by molar-refractivity contribution is 6.30. The highest BCUT2D eigenvalue weighted by Gasteiger charge is 2.05. The van der Waals surface area contributed by atoms with E-state index in [1.165, 1.54) is 0 Å². The van der Waals surface area contributed by atoms with Crippen molar-refractivity contribution in [2.75, 3.05) is 6.61 Å². The van der Waals surface area contributed by atoms with E-state index in [1.807, 2.05) is 54.6 Å². The molecule has 0 spiro atoms. The van der Waals surface area contributed by atoms with Gasteiger partial charge in [-0.2, -0.15) is 0 Å². The molecular formula is C15H17Cl2NO. The van der Waals surface area contributed by atoms with E-state index in [1.54, 1.807) is 0 Å². The largest absolute Gasteiger partial charge is 0.494 e. The Labute approximate surface area is 124 Å². The summed E-state index contributed by atoms with van der Waals surface area (Å²) in [6.07, 6.45) is 0.774. The van der Waals surface area contributed by atoms with E-state index in [2.05, 4.69) is 0 Å². The van der Waals surface area contributed by atoms with Crippen molar-refractivity contribution < 1.29 is 4.74 Å². The van der Waals surface area contributed by atoms with Crippen molar-refractivity contribution >= 4 is 24.0 Å². The van der Waals surface area contributed by atoms with Gasteiger partial charge in [0.25, 0.3) is 0 Å². The van der Waals surface area contributed by atoms with Crippen LogP contribution in [0.5, 0.6) is 5.75 Å². The molecule has 1 unspecified atom stereocenters. The number of rotatable bonds is 5. The van der Waals surface area contributed by atoms with Crippen molar-refractivity contribution in [2.45, 2.75) is 12.5 Å². The van der Waals surface area contributed by atoms with Gasteiger partial charge in [0.2, 0.25) is 0 Å². The minimum absolute atomic E-state index is 0. The molecule has 0 saturated heterocycles. The monoisotopic (exact) mass is 297 g/mol. The Bertz CT molecular complexity index is 473. The van der Waals surface area contributed by atoms with Gasteiger partial charge >= 0.3 is 0 Å². The lowest BCUT2D eigenvalue weighted by molar-refractivity contribution is 0.298. The van der Waals surface area contributed by atoms with Gasteiger partial charge in [-0.05, 0) is 29.8 Å². The molecule has 2 aromatic carbocycles. The highest BCUT2D eigenvalue weighted by Crippen LogP contribution is 2.18. The Morgan fingerprint density at radius 2 is 1.63 bits per heavy atom. The molecule has 2 N–H and O–H groups in total. The van der Waals surface area contributed by atoms with Crippen LogP contribution in [0.15, 0.2) is 54.6 Å². The molecule has 0 aliphatic carbocycles. The first-order valence-electron chi connectivity index (χ1n) is 5.94. The maximum Gasteiger partial charge on any atom is 0.119 e. The topological polar surface area (TPSA) is 35.2 Å². The molecule has 1 atom stereocenters. The standard InChI is InChI=1S/C15H16ClNO.ClH/c16-13-8-6-12(7-9-13)15(17)10-11-18-14-4-2-1-3-5-14;/h1-9,15H,10-11,17H2;1H. The van der Waals surface area contributed by atoms with Crippen molar-refractivity contribution in [2.24, 2.45) is 5.73 Å². The number of nitrogens with two attached hydrogens (primary N) is 1. The summed E-state index contributed by atoms with van der Waals surface area (Å²) in [4.78, 5) is 0. The Morgan fingerprint density at radius 1 is 1.00 bits per heavy atom. The second-order valence-corrected chi connectivity index (χ2v) is 4.54. The molecule has 0 aliphatic rings. The van der Waals surface area contributed by atoms with Gasteiger partial charge in [0.05, 0.1) is 6.61 Å². The first-order chi connectivity index (χ1) is 8.75. The Kier molecular flexibility index (Phi) is 6.71. The molecule has 0 saturated carbocycles. The number of hydrogen-bond acceptors (Lipinski definition) is 2. The second-order valence-electron chi connectivity index (χ2n) is 4.11. The van der Waals surface area contributed by atoms with Gasteiger partial charge in [0.15, 0.2) is 0 Å². The Morgan fingerprint density at radius 3 is 2.26 bits per heavy atom. The summed E-state index contributed by atoms with van der Waals surface area (Å²) >= 11 is 5.84. The first kappa shape index (κ1) is 15.8. The van der Waals surface area contributed by atoms with Gasteiger partial charge in [0, 0.05) is 17.5 Å². The van der Waals surface area contributed by atoms with Crippen LogP contribution in [0.1, 0.15) is 18.0 Å². The summed E-state index contributed by atoms with van der Waals surface area (Å²) in [6, 6.07) is 17.3. The average molecular weight is 298 g/mol. The molecule has 0 radical (unpaired) electrons. The van der Waals surface area contributed by atoms with E-state index in [0.717, 1.165) is 22.8 Å². The SMILES string of the molecule is Cl.NC(CCOc1ccccc1)c1ccc(Cl)cc1. The fourth-order valence-corrected chi connectivity index (χ4v) is 1.82. The molecule has 0 aliphatic heterocycles. The third-order valence-corrected chi connectivity index (χ3v) is 2.99. The van der Waals surface area contributed by atoms with Crippen LogP contribution >= 0.6 is 24.0 Å². The van der Waals surface area contributed by atoms with Crippen molar-refractivity contribution in [3.05, 3.63) is 65.2 Å².